The number of esters is 2. The van der Waals surface area contributed by atoms with Crippen LogP contribution in [0.25, 0.3) is 0 Å². The highest BCUT2D eigenvalue weighted by Crippen LogP contribution is 2.38. The second-order valence-electron chi connectivity index (χ2n) is 24.2. The maximum absolute atomic E-state index is 12.8. The van der Waals surface area contributed by atoms with Crippen LogP contribution in [0.1, 0.15) is 296 Å². The lowest BCUT2D eigenvalue weighted by Gasteiger charge is -2.28. The molecule has 0 aliphatic heterocycles. The molecule has 0 radical (unpaired) electrons. The lowest BCUT2D eigenvalue weighted by Crippen LogP contribution is -2.37. The molecular formula is C74H130NO8P. The Morgan fingerprint density at radius 3 is 1.01 bits per heavy atom. The molecule has 84 heavy (non-hydrogen) atoms. The van der Waals surface area contributed by atoms with E-state index in [-0.39, 0.29) is 26.1 Å². The van der Waals surface area contributed by atoms with Crippen LogP contribution in [0.3, 0.4) is 0 Å². The molecule has 0 amide bonds. The Bertz CT molecular complexity index is 1790. The van der Waals surface area contributed by atoms with E-state index < -0.39 is 32.5 Å². The molecule has 0 saturated heterocycles. The number of quaternary nitrogens is 1. The summed E-state index contributed by atoms with van der Waals surface area (Å²) in [6.07, 6.45) is 90.3. The highest BCUT2D eigenvalue weighted by atomic mass is 31.2. The number of allylic oxidation sites excluding steroid dienone is 18. The minimum atomic E-state index is -4.66. The summed E-state index contributed by atoms with van der Waals surface area (Å²) in [7, 11) is 1.14. The molecule has 0 heterocycles. The molecule has 0 bridgehead atoms. The van der Waals surface area contributed by atoms with Crippen molar-refractivity contribution in [2.24, 2.45) is 0 Å². The van der Waals surface area contributed by atoms with Crippen LogP contribution in [0.15, 0.2) is 109 Å². The molecule has 0 aliphatic carbocycles. The van der Waals surface area contributed by atoms with Crippen molar-refractivity contribution in [1.29, 1.82) is 0 Å². The molecule has 484 valence electrons. The predicted octanol–water partition coefficient (Wildman–Crippen LogP) is 21.9. The van der Waals surface area contributed by atoms with Gasteiger partial charge in [0, 0.05) is 12.8 Å². The fraction of sp³-hybridized carbons (Fsp3) is 0.730. The lowest BCUT2D eigenvalue weighted by atomic mass is 10.0. The Kier molecular flexibility index (Phi) is 61.6. The second-order valence-corrected chi connectivity index (χ2v) is 25.6. The summed E-state index contributed by atoms with van der Waals surface area (Å²) < 4.78 is 34.3. The molecule has 0 aromatic heterocycles. The van der Waals surface area contributed by atoms with Crippen LogP contribution in [0.2, 0.25) is 0 Å². The number of ether oxygens (including phenoxy) is 2. The van der Waals surface area contributed by atoms with Gasteiger partial charge in [-0.1, -0.05) is 309 Å². The van der Waals surface area contributed by atoms with Gasteiger partial charge in [-0.05, 0) is 83.5 Å². The molecular weight excluding hydrogens is 1060 g/mol. The Balaban J connectivity index is 4.15. The molecule has 10 heteroatoms. The number of phosphoric acid groups is 1. The number of rotatable bonds is 63. The Morgan fingerprint density at radius 2 is 0.679 bits per heavy atom. The minimum Gasteiger partial charge on any atom is -0.756 e. The zero-order valence-electron chi connectivity index (χ0n) is 55.1. The van der Waals surface area contributed by atoms with Crippen LogP contribution in [0.5, 0.6) is 0 Å². The zero-order valence-corrected chi connectivity index (χ0v) is 56.0. The van der Waals surface area contributed by atoms with Crippen molar-refractivity contribution in [3.63, 3.8) is 0 Å². The van der Waals surface area contributed by atoms with Crippen LogP contribution in [-0.4, -0.2) is 70.0 Å². The summed E-state index contributed by atoms with van der Waals surface area (Å²) in [5, 5.41) is 0. The fourth-order valence-electron chi connectivity index (χ4n) is 9.53. The van der Waals surface area contributed by atoms with Gasteiger partial charge in [-0.25, -0.2) is 0 Å². The molecule has 0 saturated carbocycles. The van der Waals surface area contributed by atoms with Gasteiger partial charge in [-0.15, -0.1) is 0 Å². The van der Waals surface area contributed by atoms with E-state index in [1.54, 1.807) is 0 Å². The van der Waals surface area contributed by atoms with E-state index in [1.165, 1.54) is 167 Å². The molecule has 9 nitrogen and oxygen atoms in total. The topological polar surface area (TPSA) is 111 Å². The van der Waals surface area contributed by atoms with Crippen molar-refractivity contribution in [2.45, 2.75) is 302 Å². The van der Waals surface area contributed by atoms with Crippen molar-refractivity contribution in [1.82, 2.24) is 0 Å². The Morgan fingerprint density at radius 1 is 0.381 bits per heavy atom. The summed E-state index contributed by atoms with van der Waals surface area (Å²) in [5.74, 6) is -0.868. The Labute approximate surface area is 518 Å². The Hall–Kier alpha value is -3.33. The van der Waals surface area contributed by atoms with Crippen LogP contribution >= 0.6 is 7.82 Å². The number of carbonyl (C=O) groups excluding carboxylic acids is 2. The maximum atomic E-state index is 12.8. The SMILES string of the molecule is CC/C=C\C/C=C\C/C=C\C/C=C\C/C=C\C/C=C\C/C=C\C/C=C\C/C=C\CCCCCC(=O)OC(COC(=O)CCCCCCCCCCCCCCCCCCCCCCCCCCCCCCC)COP(=O)([O-])OCC[N+](C)(C)C. The highest BCUT2D eigenvalue weighted by Gasteiger charge is 2.22. The molecule has 2 unspecified atom stereocenters. The van der Waals surface area contributed by atoms with Gasteiger partial charge in [0.15, 0.2) is 6.10 Å². The first-order chi connectivity index (χ1) is 41.0. The van der Waals surface area contributed by atoms with Gasteiger partial charge in [0.1, 0.15) is 19.8 Å². The van der Waals surface area contributed by atoms with E-state index in [2.05, 4.69) is 123 Å². The van der Waals surface area contributed by atoms with Gasteiger partial charge < -0.3 is 27.9 Å². The first kappa shape index (κ1) is 80.7. The van der Waals surface area contributed by atoms with Crippen LogP contribution in [-0.2, 0) is 32.7 Å². The standard InChI is InChI=1S/C74H130NO8P/c1-6-8-10-12-14-16-18-20-22-24-26-28-30-32-34-36-37-39-41-43-45-47-49-51-53-55-57-59-61-63-65-67-74(77)83-72(71-82-84(78,79)81-69-68-75(3,4)5)70-80-73(76)66-64-62-60-58-56-54-52-50-48-46-44-42-40-38-35-33-31-29-27-25-23-21-19-17-15-13-11-9-7-2/h8,10,14,16,20,22,26,28,32,34,37,39,43,45,49,51,55,57,72H,6-7,9,11-13,15,17-19,21,23-25,27,29-31,33,35-36,38,40-42,44,46-48,50,52-54,56,58-71H2,1-5H3/b10-8-,16-14-,22-20-,28-26-,34-32-,39-37-,45-43-,51-49-,57-55-. The zero-order chi connectivity index (χ0) is 61.2. The minimum absolute atomic E-state index is 0.0419. The fourth-order valence-corrected chi connectivity index (χ4v) is 10.3. The van der Waals surface area contributed by atoms with Gasteiger partial charge in [0.2, 0.25) is 0 Å². The molecule has 2 atom stereocenters. The average Bonchev–Trinajstić information content (AvgIpc) is 3.61. The van der Waals surface area contributed by atoms with Crippen molar-refractivity contribution >= 4 is 19.8 Å². The number of phosphoric ester groups is 1. The van der Waals surface area contributed by atoms with Crippen LogP contribution in [0, 0.1) is 0 Å². The predicted molar refractivity (Wildman–Crippen MR) is 360 cm³/mol. The first-order valence-electron chi connectivity index (χ1n) is 34.6. The third kappa shape index (κ3) is 67.8. The van der Waals surface area contributed by atoms with Crippen molar-refractivity contribution < 1.29 is 42.1 Å². The van der Waals surface area contributed by atoms with Crippen LogP contribution < -0.4 is 4.89 Å². The third-order valence-electron chi connectivity index (χ3n) is 14.8. The monoisotopic (exact) mass is 1190 g/mol. The first-order valence-corrected chi connectivity index (χ1v) is 36.1. The van der Waals surface area contributed by atoms with E-state index in [0.717, 1.165) is 96.3 Å². The van der Waals surface area contributed by atoms with Gasteiger partial charge in [-0.2, -0.15) is 0 Å². The maximum Gasteiger partial charge on any atom is 0.306 e. The number of hydrogen-bond donors (Lipinski definition) is 0. The number of hydrogen-bond acceptors (Lipinski definition) is 8. The van der Waals surface area contributed by atoms with Gasteiger partial charge in [0.05, 0.1) is 27.7 Å². The van der Waals surface area contributed by atoms with Crippen molar-refractivity contribution in [2.75, 3.05) is 47.5 Å². The van der Waals surface area contributed by atoms with Crippen molar-refractivity contribution in [3.05, 3.63) is 109 Å². The highest BCUT2D eigenvalue weighted by molar-refractivity contribution is 7.45. The van der Waals surface area contributed by atoms with E-state index >= 15 is 0 Å². The van der Waals surface area contributed by atoms with Gasteiger partial charge in [-0.3, -0.25) is 14.2 Å². The molecule has 0 aromatic rings. The van der Waals surface area contributed by atoms with E-state index in [9.17, 15) is 19.0 Å². The molecule has 0 N–H and O–H groups in total. The number of likely N-dealkylation sites (N-methyl/N-ethyl adjacent to an activating group) is 1. The largest absolute Gasteiger partial charge is 0.756 e. The number of nitrogens with zero attached hydrogens (tertiary/aromatic N) is 1. The van der Waals surface area contributed by atoms with Crippen molar-refractivity contribution in [3.8, 4) is 0 Å². The molecule has 0 aliphatic rings. The molecule has 0 spiro atoms. The molecule has 0 rings (SSSR count). The summed E-state index contributed by atoms with van der Waals surface area (Å²) in [4.78, 5) is 38.0. The lowest BCUT2D eigenvalue weighted by molar-refractivity contribution is -0.870. The number of carbonyl (C=O) groups is 2. The smallest absolute Gasteiger partial charge is 0.306 e. The van der Waals surface area contributed by atoms with E-state index in [1.807, 2.05) is 21.1 Å². The van der Waals surface area contributed by atoms with Gasteiger partial charge >= 0.3 is 11.9 Å². The third-order valence-corrected chi connectivity index (χ3v) is 15.8. The summed E-state index contributed by atoms with van der Waals surface area (Å²) in [6.45, 7) is 4.11. The molecule has 0 fully saturated rings. The summed E-state index contributed by atoms with van der Waals surface area (Å²) in [6, 6.07) is 0. The quantitative estimate of drug-likeness (QED) is 0.0195. The van der Waals surface area contributed by atoms with Crippen LogP contribution in [0.4, 0.5) is 0 Å². The van der Waals surface area contributed by atoms with E-state index in [4.69, 9.17) is 18.5 Å². The normalized spacial score (nSPS) is 13.8. The van der Waals surface area contributed by atoms with Gasteiger partial charge in [0.25, 0.3) is 7.82 Å². The second kappa shape index (κ2) is 64.2. The average molecular weight is 1190 g/mol. The number of unbranched alkanes of at least 4 members (excludes halogenated alkanes) is 31. The molecule has 0 aromatic carbocycles. The van der Waals surface area contributed by atoms with E-state index in [0.29, 0.717) is 17.4 Å². The summed E-state index contributed by atoms with van der Waals surface area (Å²) >= 11 is 0. The summed E-state index contributed by atoms with van der Waals surface area (Å²) in [5.41, 5.74) is 0.